The smallest absolute Gasteiger partial charge is 0.138 e. The van der Waals surface area contributed by atoms with Gasteiger partial charge in [0.25, 0.3) is 0 Å². The molecule has 0 amide bonds. The minimum atomic E-state index is -0.159. The fraction of sp³-hybridized carbons (Fsp3) is 0.625. The van der Waals surface area contributed by atoms with Gasteiger partial charge in [-0.2, -0.15) is 0 Å². The molecule has 110 valence electrons. The molecule has 1 aromatic rings. The SMILES string of the molecule is Nc1cc(I)c(F)cc1N1CCC2(CCCCC2)CC1. The molecule has 1 saturated heterocycles. The van der Waals surface area contributed by atoms with Crippen LogP contribution in [-0.2, 0) is 0 Å². The van der Waals surface area contributed by atoms with Crippen LogP contribution in [0.25, 0.3) is 0 Å². The zero-order valence-corrected chi connectivity index (χ0v) is 14.0. The van der Waals surface area contributed by atoms with E-state index in [0.717, 1.165) is 18.8 Å². The van der Waals surface area contributed by atoms with E-state index in [0.29, 0.717) is 14.7 Å². The van der Waals surface area contributed by atoms with Crippen LogP contribution in [-0.4, -0.2) is 13.1 Å². The van der Waals surface area contributed by atoms with E-state index in [4.69, 9.17) is 5.73 Å². The van der Waals surface area contributed by atoms with Crippen LogP contribution in [0, 0.1) is 14.8 Å². The second kappa shape index (κ2) is 5.70. The number of benzene rings is 1. The molecule has 1 saturated carbocycles. The van der Waals surface area contributed by atoms with Gasteiger partial charge < -0.3 is 10.6 Å². The third-order valence-corrected chi connectivity index (χ3v) is 5.98. The molecule has 0 radical (unpaired) electrons. The summed E-state index contributed by atoms with van der Waals surface area (Å²) in [6, 6.07) is 3.35. The fourth-order valence-electron chi connectivity index (χ4n) is 3.85. The number of hydrogen-bond donors (Lipinski definition) is 1. The lowest BCUT2D eigenvalue weighted by atomic mass is 9.68. The van der Waals surface area contributed by atoms with E-state index in [1.165, 1.54) is 44.9 Å². The Hall–Kier alpha value is -0.520. The monoisotopic (exact) mass is 388 g/mol. The molecule has 2 nitrogen and oxygen atoms in total. The largest absolute Gasteiger partial charge is 0.397 e. The van der Waals surface area contributed by atoms with E-state index >= 15 is 0 Å². The van der Waals surface area contributed by atoms with Gasteiger partial charge >= 0.3 is 0 Å². The summed E-state index contributed by atoms with van der Waals surface area (Å²) in [5.41, 5.74) is 8.24. The first-order valence-corrected chi connectivity index (χ1v) is 8.67. The van der Waals surface area contributed by atoms with Gasteiger partial charge in [0.05, 0.1) is 14.9 Å². The first kappa shape index (κ1) is 14.4. The van der Waals surface area contributed by atoms with Gasteiger partial charge in [-0.3, -0.25) is 0 Å². The van der Waals surface area contributed by atoms with Crippen LogP contribution >= 0.6 is 22.6 Å². The summed E-state index contributed by atoms with van der Waals surface area (Å²) in [4.78, 5) is 2.27. The quantitative estimate of drug-likeness (QED) is 0.565. The summed E-state index contributed by atoms with van der Waals surface area (Å²) < 4.78 is 14.4. The van der Waals surface area contributed by atoms with Crippen LogP contribution in [0.3, 0.4) is 0 Å². The van der Waals surface area contributed by atoms with Crippen molar-refractivity contribution >= 4 is 34.0 Å². The third-order valence-electron chi connectivity index (χ3n) is 5.15. The zero-order valence-electron chi connectivity index (χ0n) is 11.8. The average Bonchev–Trinajstić information content (AvgIpc) is 2.45. The summed E-state index contributed by atoms with van der Waals surface area (Å²) >= 11 is 1.99. The molecule has 1 aromatic carbocycles. The number of nitrogens with zero attached hydrogens (tertiary/aromatic N) is 1. The Labute approximate surface area is 134 Å². The summed E-state index contributed by atoms with van der Waals surface area (Å²) in [6.07, 6.45) is 9.43. The lowest BCUT2D eigenvalue weighted by Gasteiger charge is -2.45. The molecule has 1 aliphatic heterocycles. The van der Waals surface area contributed by atoms with Crippen molar-refractivity contribution in [2.75, 3.05) is 23.7 Å². The standard InChI is InChI=1S/C16H22FIN2/c17-12-10-15(14(19)11-13(12)18)20-8-6-16(7-9-20)4-2-1-3-5-16/h10-11H,1-9,19H2. The Morgan fingerprint density at radius 1 is 1.05 bits per heavy atom. The molecule has 2 fully saturated rings. The van der Waals surface area contributed by atoms with E-state index in [2.05, 4.69) is 4.90 Å². The molecule has 0 aromatic heterocycles. The van der Waals surface area contributed by atoms with E-state index in [9.17, 15) is 4.39 Å². The molecule has 2 aliphatic rings. The molecular formula is C16H22FIN2. The van der Waals surface area contributed by atoms with Gasteiger partial charge in [-0.25, -0.2) is 4.39 Å². The van der Waals surface area contributed by atoms with Crippen LogP contribution in [0.5, 0.6) is 0 Å². The summed E-state index contributed by atoms with van der Waals surface area (Å²) in [7, 11) is 0. The van der Waals surface area contributed by atoms with E-state index in [1.54, 1.807) is 12.1 Å². The molecule has 20 heavy (non-hydrogen) atoms. The molecule has 0 atom stereocenters. The Balaban J connectivity index is 1.73. The van der Waals surface area contributed by atoms with Gasteiger partial charge in [-0.05, 0) is 59.8 Å². The van der Waals surface area contributed by atoms with Gasteiger partial charge in [0.2, 0.25) is 0 Å². The zero-order chi connectivity index (χ0) is 14.2. The predicted molar refractivity (Wildman–Crippen MR) is 90.5 cm³/mol. The molecular weight excluding hydrogens is 366 g/mol. The highest BCUT2D eigenvalue weighted by Crippen LogP contribution is 2.45. The summed E-state index contributed by atoms with van der Waals surface area (Å²) in [5, 5.41) is 0. The maximum Gasteiger partial charge on any atom is 0.138 e. The number of nitrogen functional groups attached to an aromatic ring is 1. The Bertz CT molecular complexity index is 487. The maximum absolute atomic E-state index is 13.8. The minimum Gasteiger partial charge on any atom is -0.397 e. The average molecular weight is 388 g/mol. The fourth-order valence-corrected chi connectivity index (χ4v) is 4.34. The molecule has 3 rings (SSSR count). The number of hydrogen-bond acceptors (Lipinski definition) is 2. The van der Waals surface area contributed by atoms with Crippen molar-refractivity contribution < 1.29 is 4.39 Å². The van der Waals surface area contributed by atoms with Crippen LogP contribution < -0.4 is 10.6 Å². The van der Waals surface area contributed by atoms with Crippen LogP contribution in [0.1, 0.15) is 44.9 Å². The van der Waals surface area contributed by atoms with Crippen molar-refractivity contribution in [1.82, 2.24) is 0 Å². The second-order valence-electron chi connectivity index (χ2n) is 6.37. The minimum absolute atomic E-state index is 0.159. The van der Waals surface area contributed by atoms with Gasteiger partial charge in [-0.15, -0.1) is 0 Å². The van der Waals surface area contributed by atoms with Crippen molar-refractivity contribution in [2.45, 2.75) is 44.9 Å². The number of halogens is 2. The highest BCUT2D eigenvalue weighted by atomic mass is 127. The van der Waals surface area contributed by atoms with Crippen LogP contribution in [0.4, 0.5) is 15.8 Å². The number of anilines is 2. The van der Waals surface area contributed by atoms with Crippen molar-refractivity contribution in [2.24, 2.45) is 5.41 Å². The van der Waals surface area contributed by atoms with Gasteiger partial charge in [0.15, 0.2) is 0 Å². The molecule has 1 heterocycles. The van der Waals surface area contributed by atoms with Crippen molar-refractivity contribution in [3.05, 3.63) is 21.5 Å². The Kier molecular flexibility index (Phi) is 4.11. The molecule has 0 bridgehead atoms. The summed E-state index contributed by atoms with van der Waals surface area (Å²) in [5.74, 6) is -0.159. The summed E-state index contributed by atoms with van der Waals surface area (Å²) in [6.45, 7) is 2.04. The number of rotatable bonds is 1. The number of nitrogens with two attached hydrogens (primary N) is 1. The predicted octanol–water partition coefficient (Wildman–Crippen LogP) is 4.56. The Morgan fingerprint density at radius 3 is 2.35 bits per heavy atom. The van der Waals surface area contributed by atoms with Crippen molar-refractivity contribution in [3.63, 3.8) is 0 Å². The second-order valence-corrected chi connectivity index (χ2v) is 7.54. The molecule has 0 unspecified atom stereocenters. The molecule has 1 aliphatic carbocycles. The highest BCUT2D eigenvalue weighted by molar-refractivity contribution is 14.1. The van der Waals surface area contributed by atoms with Crippen LogP contribution in [0.2, 0.25) is 0 Å². The topological polar surface area (TPSA) is 29.3 Å². The first-order chi connectivity index (χ1) is 9.60. The van der Waals surface area contributed by atoms with Gasteiger partial charge in [0, 0.05) is 19.2 Å². The van der Waals surface area contributed by atoms with Gasteiger partial charge in [0.1, 0.15) is 5.82 Å². The maximum atomic E-state index is 13.8. The normalized spacial score (nSPS) is 22.2. The lowest BCUT2D eigenvalue weighted by molar-refractivity contribution is 0.144. The lowest BCUT2D eigenvalue weighted by Crippen LogP contribution is -2.41. The van der Waals surface area contributed by atoms with E-state index in [-0.39, 0.29) is 5.82 Å². The van der Waals surface area contributed by atoms with E-state index in [1.807, 2.05) is 22.6 Å². The number of piperidine rings is 1. The highest BCUT2D eigenvalue weighted by Gasteiger charge is 2.35. The molecule has 1 spiro atoms. The van der Waals surface area contributed by atoms with Crippen molar-refractivity contribution in [3.8, 4) is 0 Å². The first-order valence-electron chi connectivity index (χ1n) is 7.59. The Morgan fingerprint density at radius 2 is 1.70 bits per heavy atom. The van der Waals surface area contributed by atoms with Crippen molar-refractivity contribution in [1.29, 1.82) is 0 Å². The molecule has 2 N–H and O–H groups in total. The van der Waals surface area contributed by atoms with E-state index < -0.39 is 0 Å². The molecule has 4 heteroatoms. The van der Waals surface area contributed by atoms with Gasteiger partial charge in [-0.1, -0.05) is 19.3 Å². The van der Waals surface area contributed by atoms with Crippen LogP contribution in [0.15, 0.2) is 12.1 Å². The third kappa shape index (κ3) is 2.76.